The predicted molar refractivity (Wildman–Crippen MR) is 51.7 cm³/mol. The number of hydrogen-bond donors (Lipinski definition) is 0. The average Bonchev–Trinajstić information content (AvgIpc) is 2.07. The number of rotatable bonds is 3. The van der Waals surface area contributed by atoms with Crippen molar-refractivity contribution in [1.29, 1.82) is 0 Å². The summed E-state index contributed by atoms with van der Waals surface area (Å²) in [5, 5.41) is 1.37. The van der Waals surface area contributed by atoms with Gasteiger partial charge in [0.2, 0.25) is 0 Å². The summed E-state index contributed by atoms with van der Waals surface area (Å²) in [6.45, 7) is 0.542. The number of ether oxygens (including phenoxy) is 1. The van der Waals surface area contributed by atoms with Crippen molar-refractivity contribution in [2.75, 3.05) is 13.7 Å². The molecule has 1 aromatic rings. The minimum absolute atomic E-state index is 0.542. The minimum Gasteiger partial charge on any atom is -0.384 e. The third kappa shape index (κ3) is 2.67. The largest absolute Gasteiger partial charge is 0.384 e. The maximum absolute atomic E-state index is 5.89. The predicted octanol–water partition coefficient (Wildman–Crippen LogP) is 3.19. The second-order valence-corrected chi connectivity index (χ2v) is 3.17. The van der Waals surface area contributed by atoms with Crippen LogP contribution in [0, 0.1) is 6.42 Å². The standard InChI is InChI=1S/C9H9Cl2O/c1-12-5-4-7-6-8(10)2-3-9(7)11/h2-4,6H,5H2,1H3. The lowest BCUT2D eigenvalue weighted by molar-refractivity contribution is 0.225. The van der Waals surface area contributed by atoms with Gasteiger partial charge in [0.15, 0.2) is 0 Å². The SMILES string of the molecule is COC[CH]c1cc(Cl)ccc1Cl. The van der Waals surface area contributed by atoms with Gasteiger partial charge in [-0.15, -0.1) is 0 Å². The average molecular weight is 204 g/mol. The highest BCUT2D eigenvalue weighted by Crippen LogP contribution is 2.21. The van der Waals surface area contributed by atoms with E-state index in [9.17, 15) is 0 Å². The van der Waals surface area contributed by atoms with E-state index in [1.54, 1.807) is 19.2 Å². The summed E-state index contributed by atoms with van der Waals surface area (Å²) in [7, 11) is 1.63. The molecule has 0 amide bonds. The third-order valence-corrected chi connectivity index (χ3v) is 2.01. The van der Waals surface area contributed by atoms with Gasteiger partial charge >= 0.3 is 0 Å². The Hall–Kier alpha value is -0.240. The molecule has 0 bridgehead atoms. The van der Waals surface area contributed by atoms with Crippen LogP contribution in [0.2, 0.25) is 10.0 Å². The first kappa shape index (κ1) is 9.85. The van der Waals surface area contributed by atoms with E-state index in [2.05, 4.69) is 0 Å². The molecule has 0 saturated heterocycles. The molecule has 0 aliphatic heterocycles. The molecule has 0 N–H and O–H groups in total. The molecule has 1 radical (unpaired) electrons. The van der Waals surface area contributed by atoms with Gasteiger partial charge in [0.25, 0.3) is 0 Å². The van der Waals surface area contributed by atoms with Gasteiger partial charge in [-0.3, -0.25) is 0 Å². The Balaban J connectivity index is 2.75. The second-order valence-electron chi connectivity index (χ2n) is 2.33. The van der Waals surface area contributed by atoms with Gasteiger partial charge in [0, 0.05) is 23.6 Å². The quantitative estimate of drug-likeness (QED) is 0.734. The van der Waals surface area contributed by atoms with E-state index in [-0.39, 0.29) is 0 Å². The zero-order chi connectivity index (χ0) is 8.97. The van der Waals surface area contributed by atoms with Crippen molar-refractivity contribution in [3.05, 3.63) is 40.2 Å². The van der Waals surface area contributed by atoms with Gasteiger partial charge in [-0.2, -0.15) is 0 Å². The molecule has 1 nitrogen and oxygen atoms in total. The van der Waals surface area contributed by atoms with Crippen molar-refractivity contribution in [2.24, 2.45) is 0 Å². The van der Waals surface area contributed by atoms with Gasteiger partial charge in [0.1, 0.15) is 0 Å². The first-order valence-corrected chi connectivity index (χ1v) is 4.27. The summed E-state index contributed by atoms with van der Waals surface area (Å²) in [5.74, 6) is 0. The molecule has 0 aliphatic carbocycles. The fraction of sp³-hybridized carbons (Fsp3) is 0.222. The zero-order valence-electron chi connectivity index (χ0n) is 6.68. The van der Waals surface area contributed by atoms with E-state index < -0.39 is 0 Å². The van der Waals surface area contributed by atoms with Crippen LogP contribution in [-0.2, 0) is 4.74 Å². The fourth-order valence-corrected chi connectivity index (χ4v) is 1.22. The fourth-order valence-electron chi connectivity index (χ4n) is 0.844. The molecular weight excluding hydrogens is 195 g/mol. The lowest BCUT2D eigenvalue weighted by Gasteiger charge is -2.02. The van der Waals surface area contributed by atoms with Crippen molar-refractivity contribution < 1.29 is 4.74 Å². The number of benzene rings is 1. The summed E-state index contributed by atoms with van der Waals surface area (Å²) in [5.41, 5.74) is 0.908. The van der Waals surface area contributed by atoms with Gasteiger partial charge in [-0.05, 0) is 23.8 Å². The molecule has 0 atom stereocenters. The molecule has 0 saturated carbocycles. The van der Waals surface area contributed by atoms with Crippen LogP contribution in [0.1, 0.15) is 5.56 Å². The molecule has 65 valence electrons. The first-order valence-electron chi connectivity index (χ1n) is 3.51. The summed E-state index contributed by atoms with van der Waals surface area (Å²) >= 11 is 11.7. The topological polar surface area (TPSA) is 9.23 Å². The van der Waals surface area contributed by atoms with Crippen molar-refractivity contribution >= 4 is 23.2 Å². The van der Waals surface area contributed by atoms with Crippen molar-refractivity contribution in [2.45, 2.75) is 0 Å². The van der Waals surface area contributed by atoms with Crippen LogP contribution in [0.25, 0.3) is 0 Å². The summed E-state index contributed by atoms with van der Waals surface area (Å²) in [6.07, 6.45) is 1.88. The Kier molecular flexibility index (Phi) is 3.86. The monoisotopic (exact) mass is 203 g/mol. The van der Waals surface area contributed by atoms with Crippen LogP contribution >= 0.6 is 23.2 Å². The van der Waals surface area contributed by atoms with Crippen molar-refractivity contribution in [1.82, 2.24) is 0 Å². The molecule has 0 fully saturated rings. The van der Waals surface area contributed by atoms with E-state index >= 15 is 0 Å². The highest BCUT2D eigenvalue weighted by Gasteiger charge is 2.00. The van der Waals surface area contributed by atoms with E-state index in [4.69, 9.17) is 27.9 Å². The molecule has 1 aromatic carbocycles. The molecule has 0 aliphatic rings. The van der Waals surface area contributed by atoms with E-state index in [1.165, 1.54) is 0 Å². The van der Waals surface area contributed by atoms with E-state index in [1.807, 2.05) is 12.5 Å². The normalized spacial score (nSPS) is 10.2. The first-order chi connectivity index (χ1) is 5.74. The second kappa shape index (κ2) is 4.70. The summed E-state index contributed by atoms with van der Waals surface area (Å²) < 4.78 is 4.88. The Morgan fingerprint density at radius 3 is 2.83 bits per heavy atom. The van der Waals surface area contributed by atoms with Crippen molar-refractivity contribution in [3.63, 3.8) is 0 Å². The number of hydrogen-bond acceptors (Lipinski definition) is 1. The number of halogens is 2. The third-order valence-electron chi connectivity index (χ3n) is 1.43. The van der Waals surface area contributed by atoms with Gasteiger partial charge in [-0.1, -0.05) is 23.2 Å². The van der Waals surface area contributed by atoms with Crippen LogP contribution in [0.15, 0.2) is 18.2 Å². The Labute approximate surface area is 82.2 Å². The lowest BCUT2D eigenvalue weighted by atomic mass is 10.2. The molecule has 12 heavy (non-hydrogen) atoms. The van der Waals surface area contributed by atoms with Crippen LogP contribution in [0.3, 0.4) is 0 Å². The van der Waals surface area contributed by atoms with Gasteiger partial charge in [0.05, 0.1) is 6.61 Å². The molecule has 0 heterocycles. The Morgan fingerprint density at radius 1 is 1.42 bits per heavy atom. The highest BCUT2D eigenvalue weighted by atomic mass is 35.5. The van der Waals surface area contributed by atoms with E-state index in [0.717, 1.165) is 5.56 Å². The smallest absolute Gasteiger partial charge is 0.0538 e. The van der Waals surface area contributed by atoms with Gasteiger partial charge in [-0.25, -0.2) is 0 Å². The maximum Gasteiger partial charge on any atom is 0.0538 e. The maximum atomic E-state index is 5.89. The number of methoxy groups -OCH3 is 1. The molecule has 0 unspecified atom stereocenters. The molecular formula is C9H9Cl2O. The molecule has 3 heteroatoms. The Bertz CT molecular complexity index is 261. The highest BCUT2D eigenvalue weighted by molar-refractivity contribution is 6.33. The van der Waals surface area contributed by atoms with Crippen LogP contribution < -0.4 is 0 Å². The summed E-state index contributed by atoms with van der Waals surface area (Å²) in [4.78, 5) is 0. The molecule has 0 spiro atoms. The van der Waals surface area contributed by atoms with E-state index in [0.29, 0.717) is 16.7 Å². The van der Waals surface area contributed by atoms with Crippen LogP contribution in [-0.4, -0.2) is 13.7 Å². The molecule has 0 aromatic heterocycles. The lowest BCUT2D eigenvalue weighted by Crippen LogP contribution is -1.92. The van der Waals surface area contributed by atoms with Crippen LogP contribution in [0.5, 0.6) is 0 Å². The summed E-state index contributed by atoms with van der Waals surface area (Å²) in [6, 6.07) is 5.34. The van der Waals surface area contributed by atoms with Gasteiger partial charge < -0.3 is 4.74 Å². The minimum atomic E-state index is 0.542. The van der Waals surface area contributed by atoms with Crippen LogP contribution in [0.4, 0.5) is 0 Å². The zero-order valence-corrected chi connectivity index (χ0v) is 8.19. The Morgan fingerprint density at radius 2 is 2.17 bits per heavy atom. The molecule has 1 rings (SSSR count). The van der Waals surface area contributed by atoms with Crippen molar-refractivity contribution in [3.8, 4) is 0 Å².